The number of rotatable bonds is 0. The third-order valence-corrected chi connectivity index (χ3v) is 4.09. The van der Waals surface area contributed by atoms with Crippen molar-refractivity contribution in [3.63, 3.8) is 0 Å². The molecule has 2 aromatic carbocycles. The van der Waals surface area contributed by atoms with Crippen LogP contribution in [0.3, 0.4) is 0 Å². The minimum absolute atomic E-state index is 0.148. The van der Waals surface area contributed by atoms with Gasteiger partial charge in [0.15, 0.2) is 17.8 Å². The number of aliphatic imine (C=N–C) groups is 1. The first-order valence-electron chi connectivity index (χ1n) is 6.47. The van der Waals surface area contributed by atoms with Gasteiger partial charge in [-0.15, -0.1) is 0 Å². The summed E-state index contributed by atoms with van der Waals surface area (Å²) in [5, 5.41) is 2.12. The molecule has 1 atom stereocenters. The number of cyclic esters (lactones) is 1. The van der Waals surface area contributed by atoms with Gasteiger partial charge in [-0.3, -0.25) is 14.6 Å². The highest BCUT2D eigenvalue weighted by Crippen LogP contribution is 2.40. The summed E-state index contributed by atoms with van der Waals surface area (Å²) in [4.78, 5) is 28.4. The maximum atomic E-state index is 12.1. The number of hydrogen-bond donors (Lipinski definition) is 0. The summed E-state index contributed by atoms with van der Waals surface area (Å²) in [6.07, 6.45) is 1.80. The summed E-state index contributed by atoms with van der Waals surface area (Å²) >= 11 is 0. The van der Waals surface area contributed by atoms with Crippen molar-refractivity contribution < 1.29 is 14.3 Å². The Hall–Kier alpha value is -2.49. The van der Waals surface area contributed by atoms with Crippen LogP contribution < -0.4 is 0 Å². The minimum Gasteiger partial charge on any atom is -0.457 e. The molecule has 20 heavy (non-hydrogen) atoms. The molecule has 0 N–H and O–H groups in total. The molecule has 2 aliphatic heterocycles. The lowest BCUT2D eigenvalue weighted by molar-refractivity contribution is -0.143. The largest absolute Gasteiger partial charge is 0.457 e. The number of esters is 1. The predicted molar refractivity (Wildman–Crippen MR) is 74.2 cm³/mol. The quantitative estimate of drug-likeness (QED) is 0.542. The lowest BCUT2D eigenvalue weighted by Gasteiger charge is -2.24. The SMILES string of the molecule is O=C1COC(=O)C12C=Nc1ccc3ccccc3c1C2. The lowest BCUT2D eigenvalue weighted by Crippen LogP contribution is -2.39. The summed E-state index contributed by atoms with van der Waals surface area (Å²) < 4.78 is 4.91. The molecule has 0 radical (unpaired) electrons. The molecule has 98 valence electrons. The van der Waals surface area contributed by atoms with Crippen molar-refractivity contribution in [3.05, 3.63) is 42.0 Å². The number of hydrogen-bond acceptors (Lipinski definition) is 4. The highest BCUT2D eigenvalue weighted by atomic mass is 16.5. The van der Waals surface area contributed by atoms with Gasteiger partial charge in [0.2, 0.25) is 0 Å². The molecule has 2 heterocycles. The van der Waals surface area contributed by atoms with Gasteiger partial charge in [-0.05, 0) is 22.4 Å². The molecule has 1 spiro atoms. The molecule has 2 aliphatic rings. The maximum Gasteiger partial charge on any atom is 0.326 e. The average Bonchev–Trinajstić information content (AvgIpc) is 2.76. The molecule has 1 unspecified atom stereocenters. The fourth-order valence-electron chi connectivity index (χ4n) is 2.93. The predicted octanol–water partition coefficient (Wildman–Crippen LogP) is 2.21. The molecule has 0 aliphatic carbocycles. The van der Waals surface area contributed by atoms with Gasteiger partial charge in [-0.1, -0.05) is 30.3 Å². The summed E-state index contributed by atoms with van der Waals surface area (Å²) in [6, 6.07) is 11.8. The summed E-state index contributed by atoms with van der Waals surface area (Å²) in [5.41, 5.74) is 0.552. The number of ketones is 1. The zero-order valence-electron chi connectivity index (χ0n) is 10.6. The van der Waals surface area contributed by atoms with Crippen LogP contribution in [0.2, 0.25) is 0 Å². The standard InChI is InChI=1S/C16H11NO3/c18-14-8-20-15(19)16(14)7-12-11-4-2-1-3-10(11)5-6-13(12)17-9-16/h1-6,9H,7-8H2. The van der Waals surface area contributed by atoms with Crippen molar-refractivity contribution in [3.8, 4) is 0 Å². The minimum atomic E-state index is -1.21. The van der Waals surface area contributed by atoms with Gasteiger partial charge in [0.25, 0.3) is 0 Å². The van der Waals surface area contributed by atoms with Crippen molar-refractivity contribution in [2.45, 2.75) is 6.42 Å². The maximum absolute atomic E-state index is 12.1. The fraction of sp³-hybridized carbons (Fsp3) is 0.188. The van der Waals surface area contributed by atoms with E-state index in [2.05, 4.69) is 4.99 Å². The van der Waals surface area contributed by atoms with Crippen LogP contribution in [-0.2, 0) is 20.7 Å². The zero-order chi connectivity index (χ0) is 13.7. The molecule has 1 fully saturated rings. The Morgan fingerprint density at radius 1 is 1.10 bits per heavy atom. The first kappa shape index (κ1) is 11.3. The van der Waals surface area contributed by atoms with Crippen molar-refractivity contribution >= 4 is 34.4 Å². The Bertz CT molecular complexity index is 775. The second-order valence-corrected chi connectivity index (χ2v) is 5.19. The van der Waals surface area contributed by atoms with Crippen LogP contribution in [0.25, 0.3) is 10.8 Å². The number of carbonyl (C=O) groups excluding carboxylic acids is 2. The Balaban J connectivity index is 1.96. The number of nitrogens with zero attached hydrogens (tertiary/aromatic N) is 1. The molecule has 4 heteroatoms. The second kappa shape index (κ2) is 3.76. The van der Waals surface area contributed by atoms with E-state index in [0.717, 1.165) is 22.0 Å². The molecular formula is C16H11NO3. The van der Waals surface area contributed by atoms with Crippen molar-refractivity contribution in [2.75, 3.05) is 6.61 Å². The molecule has 0 saturated carbocycles. The summed E-state index contributed by atoms with van der Waals surface area (Å²) in [7, 11) is 0. The molecule has 1 saturated heterocycles. The molecule has 4 nitrogen and oxygen atoms in total. The molecule has 0 amide bonds. The Morgan fingerprint density at radius 3 is 2.75 bits per heavy atom. The van der Waals surface area contributed by atoms with Crippen LogP contribution in [0.4, 0.5) is 5.69 Å². The molecule has 2 aromatic rings. The van der Waals surface area contributed by atoms with Crippen molar-refractivity contribution in [1.82, 2.24) is 0 Å². The van der Waals surface area contributed by atoms with Crippen LogP contribution in [0.1, 0.15) is 5.56 Å². The Labute approximate surface area is 115 Å². The average molecular weight is 265 g/mol. The van der Waals surface area contributed by atoms with E-state index in [1.807, 2.05) is 36.4 Å². The first-order valence-corrected chi connectivity index (χ1v) is 6.47. The van der Waals surface area contributed by atoms with E-state index in [1.165, 1.54) is 6.21 Å². The van der Waals surface area contributed by atoms with Crippen LogP contribution in [0.5, 0.6) is 0 Å². The normalized spacial score (nSPS) is 24.2. The van der Waals surface area contributed by atoms with Crippen LogP contribution in [-0.4, -0.2) is 24.6 Å². The van der Waals surface area contributed by atoms with E-state index in [-0.39, 0.29) is 12.4 Å². The lowest BCUT2D eigenvalue weighted by atomic mass is 9.77. The van der Waals surface area contributed by atoms with Gasteiger partial charge in [-0.2, -0.15) is 0 Å². The molecule has 0 bridgehead atoms. The zero-order valence-corrected chi connectivity index (χ0v) is 10.6. The van der Waals surface area contributed by atoms with Crippen LogP contribution in [0.15, 0.2) is 41.4 Å². The summed E-state index contributed by atoms with van der Waals surface area (Å²) in [6.45, 7) is -0.148. The summed E-state index contributed by atoms with van der Waals surface area (Å²) in [5.74, 6) is -0.685. The monoisotopic (exact) mass is 265 g/mol. The van der Waals surface area contributed by atoms with Crippen LogP contribution >= 0.6 is 0 Å². The number of Topliss-reactive ketones (excluding diaryl/α,β-unsaturated/α-hetero) is 1. The number of ether oxygens (including phenoxy) is 1. The van der Waals surface area contributed by atoms with Crippen LogP contribution in [0, 0.1) is 5.41 Å². The Morgan fingerprint density at radius 2 is 1.95 bits per heavy atom. The van der Waals surface area contributed by atoms with Gasteiger partial charge in [0.05, 0.1) is 5.69 Å². The number of carbonyl (C=O) groups is 2. The highest BCUT2D eigenvalue weighted by Gasteiger charge is 2.52. The highest BCUT2D eigenvalue weighted by molar-refractivity contribution is 6.22. The molecule has 0 aromatic heterocycles. The second-order valence-electron chi connectivity index (χ2n) is 5.19. The van der Waals surface area contributed by atoms with Gasteiger partial charge >= 0.3 is 5.97 Å². The van der Waals surface area contributed by atoms with E-state index in [4.69, 9.17) is 4.74 Å². The third kappa shape index (κ3) is 1.33. The van der Waals surface area contributed by atoms with E-state index >= 15 is 0 Å². The van der Waals surface area contributed by atoms with E-state index < -0.39 is 11.4 Å². The van der Waals surface area contributed by atoms with Gasteiger partial charge < -0.3 is 4.74 Å². The number of fused-ring (bicyclic) bond motifs is 3. The fourth-order valence-corrected chi connectivity index (χ4v) is 2.93. The topological polar surface area (TPSA) is 55.7 Å². The smallest absolute Gasteiger partial charge is 0.326 e. The number of benzene rings is 2. The molecular weight excluding hydrogens is 254 g/mol. The van der Waals surface area contributed by atoms with E-state index in [0.29, 0.717) is 6.42 Å². The van der Waals surface area contributed by atoms with Gasteiger partial charge in [0, 0.05) is 12.6 Å². The first-order chi connectivity index (χ1) is 9.71. The van der Waals surface area contributed by atoms with Gasteiger partial charge in [-0.25, -0.2) is 0 Å². The molecule has 4 rings (SSSR count). The van der Waals surface area contributed by atoms with E-state index in [1.54, 1.807) is 0 Å². The Kier molecular flexibility index (Phi) is 2.13. The van der Waals surface area contributed by atoms with Crippen molar-refractivity contribution in [2.24, 2.45) is 10.4 Å². The third-order valence-electron chi connectivity index (χ3n) is 4.09. The van der Waals surface area contributed by atoms with E-state index in [9.17, 15) is 9.59 Å². The van der Waals surface area contributed by atoms with Crippen molar-refractivity contribution in [1.29, 1.82) is 0 Å². The van der Waals surface area contributed by atoms with Gasteiger partial charge in [0.1, 0.15) is 0 Å².